The number of ether oxygens (including phenoxy) is 3. The molecule has 8 rings (SSSR count). The second-order valence-corrected chi connectivity index (χ2v) is 28.6. The molecule has 35 heteroatoms. The van der Waals surface area contributed by atoms with E-state index >= 15 is 0 Å². The highest BCUT2D eigenvalue weighted by Gasteiger charge is 2.24. The molecule has 0 bridgehead atoms. The minimum absolute atomic E-state index is 0.00984. The molecule has 0 aliphatic heterocycles. The Balaban J connectivity index is 1.07. The van der Waals surface area contributed by atoms with Gasteiger partial charge in [-0.1, -0.05) is 6.07 Å². The van der Waals surface area contributed by atoms with Crippen molar-refractivity contribution < 1.29 is 93.8 Å². The number of azo groups is 3. The van der Waals surface area contributed by atoms with E-state index in [2.05, 4.69) is 41.3 Å². The number of nitrogens with zero attached hydrogens (tertiary/aromatic N) is 6. The number of rotatable bonds is 27. The number of fused-ring (bicyclic) bond motifs is 2. The lowest BCUT2D eigenvalue weighted by molar-refractivity contribution is 0.101. The maximum Gasteiger partial charge on any atom is 0.296 e. The third-order valence-corrected chi connectivity index (χ3v) is 17.9. The molecule has 10 N–H and O–H groups in total. The van der Waals surface area contributed by atoms with Crippen molar-refractivity contribution >= 4 is 135 Å². The molecular weight excluding hydrogens is 1330 g/mol. The Morgan fingerprint density at radius 3 is 1.44 bits per heavy atom. The minimum atomic E-state index is -5.04. The van der Waals surface area contributed by atoms with Crippen LogP contribution in [0.25, 0.3) is 21.5 Å². The first kappa shape index (κ1) is 70.4. The number of phenolic OH excluding ortho intramolecular Hbond substituents is 1. The van der Waals surface area contributed by atoms with Gasteiger partial charge in [-0.15, -0.1) is 15.3 Å². The van der Waals surface area contributed by atoms with Crippen molar-refractivity contribution in [3.05, 3.63) is 149 Å². The first-order chi connectivity index (χ1) is 44.0. The number of phenols is 1. The molecule has 496 valence electrons. The highest BCUT2D eigenvalue weighted by molar-refractivity contribution is 7.86. The van der Waals surface area contributed by atoms with Gasteiger partial charge in [-0.2, -0.15) is 57.4 Å². The summed E-state index contributed by atoms with van der Waals surface area (Å²) in [6.45, 7) is 5.60. The molecule has 0 aliphatic carbocycles. The van der Waals surface area contributed by atoms with Crippen LogP contribution in [0.3, 0.4) is 0 Å². The van der Waals surface area contributed by atoms with Crippen LogP contribution in [0.4, 0.5) is 51.2 Å². The molecular formula is C59H59N9O21S5. The van der Waals surface area contributed by atoms with E-state index in [9.17, 15) is 75.0 Å². The fraction of sp³-hybridized carbons (Fsp3) is 0.220. The van der Waals surface area contributed by atoms with Crippen molar-refractivity contribution in [1.82, 2.24) is 0 Å². The summed E-state index contributed by atoms with van der Waals surface area (Å²) in [6.07, 6.45) is -0.572. The van der Waals surface area contributed by atoms with Crippen molar-refractivity contribution in [3.8, 4) is 23.0 Å². The van der Waals surface area contributed by atoms with Gasteiger partial charge in [-0.05, 0) is 177 Å². The average Bonchev–Trinajstić information content (AvgIpc) is 0.776. The largest absolute Gasteiger partial charge is 0.505 e. The summed E-state index contributed by atoms with van der Waals surface area (Å²) >= 11 is 0. The zero-order valence-corrected chi connectivity index (χ0v) is 54.0. The number of carbonyl (C=O) groups is 2. The Kier molecular flexibility index (Phi) is 21.6. The third-order valence-electron chi connectivity index (χ3n) is 13.7. The predicted octanol–water partition coefficient (Wildman–Crippen LogP) is 11.7. The Labute approximate surface area is 538 Å². The number of hydrogen-bond donors (Lipinski definition) is 9. The van der Waals surface area contributed by atoms with Crippen molar-refractivity contribution in [2.45, 2.75) is 56.7 Å². The monoisotopic (exact) mass is 1390 g/mol. The van der Waals surface area contributed by atoms with Crippen molar-refractivity contribution in [3.63, 3.8) is 0 Å². The van der Waals surface area contributed by atoms with E-state index in [4.69, 9.17) is 24.5 Å². The summed E-state index contributed by atoms with van der Waals surface area (Å²) < 4.78 is 184. The summed E-state index contributed by atoms with van der Waals surface area (Å²) in [5.74, 6) is -4.05. The van der Waals surface area contributed by atoms with Gasteiger partial charge in [0.25, 0.3) is 62.4 Å². The van der Waals surface area contributed by atoms with E-state index < -0.39 is 101 Å². The average molecular weight is 1390 g/mol. The van der Waals surface area contributed by atoms with E-state index in [1.807, 2.05) is 0 Å². The normalized spacial score (nSPS) is 12.5. The maximum absolute atomic E-state index is 14.1. The number of nitrogen functional groups attached to an aromatic ring is 1. The second kappa shape index (κ2) is 28.8. The number of aryl methyl sites for hydroxylation is 4. The Morgan fingerprint density at radius 1 is 0.447 bits per heavy atom. The number of nitrogens with two attached hydrogens (primary N) is 1. The van der Waals surface area contributed by atoms with Gasteiger partial charge < -0.3 is 35.7 Å². The molecule has 0 atom stereocenters. The Bertz CT molecular complexity index is 5010. The molecule has 2 amide bonds. The van der Waals surface area contributed by atoms with E-state index in [0.717, 1.165) is 18.2 Å². The number of carbonyl (C=O) groups excluding carboxylic acids is 2. The van der Waals surface area contributed by atoms with Crippen LogP contribution in [0.15, 0.2) is 156 Å². The van der Waals surface area contributed by atoms with Gasteiger partial charge in [0, 0.05) is 51.1 Å². The van der Waals surface area contributed by atoms with Crippen LogP contribution in [0, 0.1) is 27.7 Å². The van der Waals surface area contributed by atoms with Crippen molar-refractivity contribution in [1.29, 1.82) is 0 Å². The highest BCUT2D eigenvalue weighted by Crippen LogP contribution is 2.44. The fourth-order valence-corrected chi connectivity index (χ4v) is 11.7. The summed E-state index contributed by atoms with van der Waals surface area (Å²) in [6, 6.07) is 26.6. The lowest BCUT2D eigenvalue weighted by atomic mass is 10.1. The van der Waals surface area contributed by atoms with Gasteiger partial charge in [-0.25, -0.2) is 0 Å². The quantitative estimate of drug-likeness (QED) is 0.00999. The molecule has 0 spiro atoms. The molecule has 8 aromatic rings. The van der Waals surface area contributed by atoms with E-state index in [0.29, 0.717) is 33.6 Å². The van der Waals surface area contributed by atoms with Gasteiger partial charge >= 0.3 is 0 Å². The topological polar surface area (TPSA) is 478 Å². The lowest BCUT2D eigenvalue weighted by Gasteiger charge is -2.15. The Morgan fingerprint density at radius 2 is 0.904 bits per heavy atom. The van der Waals surface area contributed by atoms with Crippen LogP contribution in [0.1, 0.15) is 62.2 Å². The van der Waals surface area contributed by atoms with Crippen LogP contribution in [0.2, 0.25) is 0 Å². The van der Waals surface area contributed by atoms with Gasteiger partial charge in [0.2, 0.25) is 0 Å². The molecule has 0 unspecified atom stereocenters. The second-order valence-electron chi connectivity index (χ2n) is 21.1. The summed E-state index contributed by atoms with van der Waals surface area (Å²) in [5.41, 5.74) is 8.66. The SMILES string of the molecule is Cc1cc(N=Nc2c(S(=O)(=O)O)cc3cc(NC(=O)c4ccc(N)cc4)ccc3c2O)c(C)cc1N=Nc1cc(C)c(N=Nc2cc(C)c(C(=O)Nc3ccc4cc(S(=O)(=O)O)cc(OCCCS(=O)(=O)O)c4c3)cc2OCCCS(=O)(=O)O)cc1OCCCS(=O)(=O)O. The van der Waals surface area contributed by atoms with Gasteiger partial charge in [0.15, 0.2) is 5.75 Å². The summed E-state index contributed by atoms with van der Waals surface area (Å²) in [5, 5.41) is 43.5. The number of nitrogens with one attached hydrogen (secondary N) is 2. The zero-order chi connectivity index (χ0) is 68.7. The van der Waals surface area contributed by atoms with Gasteiger partial charge in [-0.3, -0.25) is 32.4 Å². The van der Waals surface area contributed by atoms with Crippen LogP contribution < -0.4 is 30.6 Å². The highest BCUT2D eigenvalue weighted by atomic mass is 32.2. The van der Waals surface area contributed by atoms with Crippen LogP contribution in [-0.2, 0) is 50.6 Å². The van der Waals surface area contributed by atoms with E-state index in [1.54, 1.807) is 52.0 Å². The van der Waals surface area contributed by atoms with Crippen molar-refractivity contribution in [2.24, 2.45) is 30.7 Å². The minimum Gasteiger partial charge on any atom is -0.505 e. The first-order valence-electron chi connectivity index (χ1n) is 27.7. The van der Waals surface area contributed by atoms with Crippen LogP contribution in [-0.4, -0.2) is 119 Å². The molecule has 0 radical (unpaired) electrons. The maximum atomic E-state index is 14.1. The fourth-order valence-electron chi connectivity index (χ4n) is 9.07. The molecule has 30 nitrogen and oxygen atoms in total. The van der Waals surface area contributed by atoms with Gasteiger partial charge in [0.1, 0.15) is 39.2 Å². The van der Waals surface area contributed by atoms with Crippen LogP contribution in [0.5, 0.6) is 23.0 Å². The molecule has 0 saturated heterocycles. The third kappa shape index (κ3) is 19.1. The smallest absolute Gasteiger partial charge is 0.296 e. The standard InChI is InChI=1S/C59H59N9O21S5/c1-33-22-50(53(88-17-6-20-91(75,76)77)31-45(33)59(71)62-42-13-10-38-27-43(93(81,82)83)30-52(46(38)29-42)87-16-5-19-90(72,73)74)66-64-49-32-54(89-18-7-21-92(78,79)80)51(25-36(49)4)67-63-47-23-35(3)48(24-34(47)2)65-68-56-55(94(84,85)86)28-39-26-41(14-15-44(39)57(56)69)61-58(70)37-8-11-40(60)12-9-37/h8-15,22-32,69H,5-7,16-21,60H2,1-4H3,(H,61,70)(H,62,71)(H,72,73,74)(H,75,76,77)(H,78,79,80)(H,81,82,83)(H,84,85,86). The summed E-state index contributed by atoms with van der Waals surface area (Å²) in [4.78, 5) is 25.6. The van der Waals surface area contributed by atoms with Gasteiger partial charge in [0.05, 0.1) is 59.0 Å². The number of amides is 2. The van der Waals surface area contributed by atoms with Crippen molar-refractivity contribution in [2.75, 3.05) is 53.4 Å². The van der Waals surface area contributed by atoms with Crippen LogP contribution >= 0.6 is 0 Å². The van der Waals surface area contributed by atoms with E-state index in [1.165, 1.54) is 72.8 Å². The summed E-state index contributed by atoms with van der Waals surface area (Å²) in [7, 11) is -22.9. The molecule has 0 fully saturated rings. The lowest BCUT2D eigenvalue weighted by Crippen LogP contribution is -2.14. The molecule has 0 aliphatic rings. The molecule has 0 saturated carbocycles. The first-order valence-corrected chi connectivity index (χ1v) is 35.4. The zero-order valence-electron chi connectivity index (χ0n) is 49.9. The number of hydrogen-bond acceptors (Lipinski definition) is 23. The number of benzene rings is 8. The predicted molar refractivity (Wildman–Crippen MR) is 346 cm³/mol. The number of aromatic hydroxyl groups is 1. The molecule has 0 heterocycles. The van der Waals surface area contributed by atoms with E-state index in [-0.39, 0.29) is 123 Å². The molecule has 94 heavy (non-hydrogen) atoms. The number of anilines is 3. The Hall–Kier alpha value is -9.43. The molecule has 0 aromatic heterocycles. The molecule has 8 aromatic carbocycles.